The van der Waals surface area contributed by atoms with Crippen LogP contribution in [-0.2, 0) is 17.6 Å². The third kappa shape index (κ3) is 5.91. The molecule has 0 saturated carbocycles. The molecule has 0 saturated heterocycles. The minimum Gasteiger partial charge on any atom is -0.487 e. The number of nitrogens with one attached hydrogen (secondary N) is 1. The second-order valence-corrected chi connectivity index (χ2v) is 8.64. The van der Waals surface area contributed by atoms with Gasteiger partial charge in [0.1, 0.15) is 18.4 Å². The van der Waals surface area contributed by atoms with Crippen LogP contribution in [0, 0.1) is 0 Å². The lowest BCUT2D eigenvalue weighted by atomic mass is 9.93. The number of carboxylic acid groups (broad SMARTS) is 1. The number of hydrogen-bond acceptors (Lipinski definition) is 3. The number of hydrogen-bond donors (Lipinski definition) is 2. The van der Waals surface area contributed by atoms with E-state index < -0.39 is 35.6 Å². The number of alkyl halides is 3. The standard InChI is InChI=1S/C29H24F3NO4/c1-18(20-7-3-2-4-8-20)25(28(35)36)33-27(34)24-16-13-21-9-5-6-10-23(21)26(24)37-17-19-11-14-22(15-12-19)29(30,31)32/h2-16,18,25H,17H2,1H3,(H,33,34)(H,35,36)/t18?,25-/m0/s1. The molecule has 8 heteroatoms. The van der Waals surface area contributed by atoms with Crippen LogP contribution in [0.5, 0.6) is 5.75 Å². The van der Waals surface area contributed by atoms with E-state index in [2.05, 4.69) is 5.32 Å². The summed E-state index contributed by atoms with van der Waals surface area (Å²) in [6, 6.07) is 22.8. The van der Waals surface area contributed by atoms with Crippen molar-refractivity contribution in [1.82, 2.24) is 5.32 Å². The van der Waals surface area contributed by atoms with E-state index in [0.717, 1.165) is 23.1 Å². The van der Waals surface area contributed by atoms with Crippen LogP contribution in [0.4, 0.5) is 13.2 Å². The number of carbonyl (C=O) groups is 2. The van der Waals surface area contributed by atoms with Gasteiger partial charge in [-0.1, -0.05) is 79.7 Å². The Hall–Kier alpha value is -4.33. The molecule has 4 rings (SSSR count). The van der Waals surface area contributed by atoms with E-state index in [1.54, 1.807) is 55.5 Å². The zero-order valence-electron chi connectivity index (χ0n) is 19.8. The Morgan fingerprint density at radius 3 is 2.19 bits per heavy atom. The second-order valence-electron chi connectivity index (χ2n) is 8.64. The smallest absolute Gasteiger partial charge is 0.416 e. The molecule has 37 heavy (non-hydrogen) atoms. The number of fused-ring (bicyclic) bond motifs is 1. The Balaban J connectivity index is 1.63. The van der Waals surface area contributed by atoms with Crippen molar-refractivity contribution in [2.45, 2.75) is 31.7 Å². The molecule has 0 aliphatic rings. The highest BCUT2D eigenvalue weighted by Crippen LogP contribution is 2.32. The number of benzene rings is 4. The van der Waals surface area contributed by atoms with Crippen LogP contribution in [0.3, 0.4) is 0 Å². The summed E-state index contributed by atoms with van der Waals surface area (Å²) in [5, 5.41) is 13.9. The van der Waals surface area contributed by atoms with Crippen LogP contribution >= 0.6 is 0 Å². The van der Waals surface area contributed by atoms with Gasteiger partial charge in [-0.05, 0) is 34.7 Å². The molecule has 0 aliphatic heterocycles. The van der Waals surface area contributed by atoms with E-state index in [4.69, 9.17) is 4.74 Å². The van der Waals surface area contributed by atoms with Crippen molar-refractivity contribution in [1.29, 1.82) is 0 Å². The highest BCUT2D eigenvalue weighted by atomic mass is 19.4. The zero-order chi connectivity index (χ0) is 26.6. The Morgan fingerprint density at radius 2 is 1.54 bits per heavy atom. The van der Waals surface area contributed by atoms with Crippen LogP contribution < -0.4 is 10.1 Å². The first-order valence-corrected chi connectivity index (χ1v) is 11.5. The number of aliphatic carboxylic acids is 1. The second kappa shape index (κ2) is 10.7. The molecular formula is C29H24F3NO4. The molecule has 4 aromatic carbocycles. The quantitative estimate of drug-likeness (QED) is 0.288. The van der Waals surface area contributed by atoms with E-state index >= 15 is 0 Å². The Labute approximate surface area is 211 Å². The molecule has 0 spiro atoms. The first-order chi connectivity index (χ1) is 17.6. The summed E-state index contributed by atoms with van der Waals surface area (Å²) in [5.74, 6) is -2.12. The molecule has 4 aromatic rings. The van der Waals surface area contributed by atoms with Crippen molar-refractivity contribution in [3.05, 3.63) is 113 Å². The van der Waals surface area contributed by atoms with Gasteiger partial charge in [0.25, 0.3) is 5.91 Å². The molecule has 1 amide bonds. The summed E-state index contributed by atoms with van der Waals surface area (Å²) in [6.07, 6.45) is -4.45. The van der Waals surface area contributed by atoms with E-state index in [1.165, 1.54) is 12.1 Å². The van der Waals surface area contributed by atoms with Gasteiger partial charge in [0.2, 0.25) is 0 Å². The van der Waals surface area contributed by atoms with Crippen molar-refractivity contribution >= 4 is 22.6 Å². The van der Waals surface area contributed by atoms with Crippen molar-refractivity contribution in [2.24, 2.45) is 0 Å². The summed E-state index contributed by atoms with van der Waals surface area (Å²) >= 11 is 0. The largest absolute Gasteiger partial charge is 0.487 e. The fraction of sp³-hybridized carbons (Fsp3) is 0.172. The molecule has 0 fully saturated rings. The maximum atomic E-state index is 13.3. The van der Waals surface area contributed by atoms with Gasteiger partial charge in [0.15, 0.2) is 0 Å². The molecule has 0 bridgehead atoms. The van der Waals surface area contributed by atoms with E-state index in [9.17, 15) is 27.9 Å². The SMILES string of the molecule is CC(c1ccccc1)[C@H](NC(=O)c1ccc2ccccc2c1OCc1ccc(C(F)(F)F)cc1)C(=O)O. The molecular weight excluding hydrogens is 483 g/mol. The van der Waals surface area contributed by atoms with Gasteiger partial charge in [0, 0.05) is 11.3 Å². The van der Waals surface area contributed by atoms with E-state index in [0.29, 0.717) is 10.9 Å². The average molecular weight is 508 g/mol. The van der Waals surface area contributed by atoms with Gasteiger partial charge in [-0.25, -0.2) is 4.79 Å². The lowest BCUT2D eigenvalue weighted by Gasteiger charge is -2.23. The van der Waals surface area contributed by atoms with Crippen LogP contribution in [0.15, 0.2) is 91.0 Å². The van der Waals surface area contributed by atoms with Crippen LogP contribution in [0.25, 0.3) is 10.8 Å². The predicted octanol–water partition coefficient (Wildman–Crippen LogP) is 6.42. The Morgan fingerprint density at radius 1 is 0.892 bits per heavy atom. The molecule has 1 unspecified atom stereocenters. The minimum absolute atomic E-state index is 0.0881. The molecule has 2 N–H and O–H groups in total. The van der Waals surface area contributed by atoms with Crippen molar-refractivity contribution in [3.63, 3.8) is 0 Å². The van der Waals surface area contributed by atoms with Gasteiger partial charge in [0.05, 0.1) is 11.1 Å². The fourth-order valence-electron chi connectivity index (χ4n) is 4.09. The number of rotatable bonds is 8. The molecule has 190 valence electrons. The summed E-state index contributed by atoms with van der Waals surface area (Å²) < 4.78 is 44.7. The highest BCUT2D eigenvalue weighted by molar-refractivity contribution is 6.05. The number of halogens is 3. The third-order valence-electron chi connectivity index (χ3n) is 6.17. The molecule has 0 aromatic heterocycles. The number of carboxylic acids is 1. The molecule has 5 nitrogen and oxygen atoms in total. The number of carbonyl (C=O) groups excluding carboxylic acids is 1. The minimum atomic E-state index is -4.45. The first kappa shape index (κ1) is 25.8. The van der Waals surface area contributed by atoms with E-state index in [-0.39, 0.29) is 17.9 Å². The lowest BCUT2D eigenvalue weighted by molar-refractivity contribution is -0.140. The van der Waals surface area contributed by atoms with Gasteiger partial charge >= 0.3 is 12.1 Å². The topological polar surface area (TPSA) is 75.6 Å². The summed E-state index contributed by atoms with van der Waals surface area (Å²) in [6.45, 7) is 1.63. The van der Waals surface area contributed by atoms with Crippen molar-refractivity contribution in [3.8, 4) is 5.75 Å². The van der Waals surface area contributed by atoms with Crippen LogP contribution in [0.2, 0.25) is 0 Å². The molecule has 0 heterocycles. The van der Waals surface area contributed by atoms with Gasteiger partial charge < -0.3 is 15.2 Å². The Kier molecular flexibility index (Phi) is 7.47. The average Bonchev–Trinajstić information content (AvgIpc) is 2.89. The number of amides is 1. The van der Waals surface area contributed by atoms with Crippen LogP contribution in [0.1, 0.15) is 39.9 Å². The summed E-state index contributed by atoms with van der Waals surface area (Å²) in [7, 11) is 0. The summed E-state index contributed by atoms with van der Waals surface area (Å²) in [5.41, 5.74) is 0.590. The third-order valence-corrected chi connectivity index (χ3v) is 6.17. The molecule has 2 atom stereocenters. The Bertz CT molecular complexity index is 1400. The molecule has 0 radical (unpaired) electrons. The predicted molar refractivity (Wildman–Crippen MR) is 133 cm³/mol. The lowest BCUT2D eigenvalue weighted by Crippen LogP contribution is -2.44. The highest BCUT2D eigenvalue weighted by Gasteiger charge is 2.31. The first-order valence-electron chi connectivity index (χ1n) is 11.5. The monoisotopic (exact) mass is 507 g/mol. The maximum absolute atomic E-state index is 13.3. The zero-order valence-corrected chi connectivity index (χ0v) is 19.8. The van der Waals surface area contributed by atoms with Crippen LogP contribution in [-0.4, -0.2) is 23.0 Å². The number of ether oxygens (including phenoxy) is 1. The molecule has 0 aliphatic carbocycles. The maximum Gasteiger partial charge on any atom is 0.416 e. The fourth-order valence-corrected chi connectivity index (χ4v) is 4.09. The normalized spacial score (nSPS) is 13.1. The van der Waals surface area contributed by atoms with Crippen molar-refractivity contribution in [2.75, 3.05) is 0 Å². The summed E-state index contributed by atoms with van der Waals surface area (Å²) in [4.78, 5) is 25.4. The van der Waals surface area contributed by atoms with Gasteiger partial charge in [-0.2, -0.15) is 13.2 Å². The van der Waals surface area contributed by atoms with Gasteiger partial charge in [-0.3, -0.25) is 4.79 Å². The van der Waals surface area contributed by atoms with E-state index in [1.807, 2.05) is 18.2 Å². The van der Waals surface area contributed by atoms with Crippen molar-refractivity contribution < 1.29 is 32.6 Å². The van der Waals surface area contributed by atoms with Gasteiger partial charge in [-0.15, -0.1) is 0 Å².